The Morgan fingerprint density at radius 2 is 1.57 bits per heavy atom. The zero-order valence-corrected chi connectivity index (χ0v) is 19.2. The van der Waals surface area contributed by atoms with E-state index in [2.05, 4.69) is 35.8 Å². The Labute approximate surface area is 203 Å². The molecular formula is C24H18N8O2S. The summed E-state index contributed by atoms with van der Waals surface area (Å²) in [5.41, 5.74) is 3.63. The van der Waals surface area contributed by atoms with Gasteiger partial charge in [0.15, 0.2) is 5.13 Å². The Hall–Kier alpha value is -4.77. The summed E-state index contributed by atoms with van der Waals surface area (Å²) in [6.07, 6.45) is 1.26. The van der Waals surface area contributed by atoms with E-state index in [4.69, 9.17) is 0 Å². The molecule has 0 bridgehead atoms. The van der Waals surface area contributed by atoms with Crippen LogP contribution in [0.5, 0.6) is 0 Å². The van der Waals surface area contributed by atoms with Crippen LogP contribution in [0.2, 0.25) is 0 Å². The topological polar surface area (TPSA) is 131 Å². The van der Waals surface area contributed by atoms with E-state index in [-0.39, 0.29) is 17.3 Å². The molecule has 0 aliphatic carbocycles. The fourth-order valence-electron chi connectivity index (χ4n) is 3.28. The van der Waals surface area contributed by atoms with E-state index in [1.807, 2.05) is 55.5 Å². The second-order valence-corrected chi connectivity index (χ2v) is 8.53. The van der Waals surface area contributed by atoms with Gasteiger partial charge in [0.05, 0.1) is 26.5 Å². The Morgan fingerprint density at radius 3 is 2.29 bits per heavy atom. The predicted octanol–water partition coefficient (Wildman–Crippen LogP) is 7.21. The number of anilines is 4. The van der Waals surface area contributed by atoms with Gasteiger partial charge in [-0.15, -0.1) is 0 Å². The molecule has 0 radical (unpaired) electrons. The van der Waals surface area contributed by atoms with Crippen molar-refractivity contribution in [3.63, 3.8) is 0 Å². The second-order valence-electron chi connectivity index (χ2n) is 7.50. The molecule has 2 N–H and O–H groups in total. The SMILES string of the molecule is Cc1ccc2nc(Nc3ncnc(Nc4ccc(N=Nc5ccccc5)cc4)c3[N+](=O)[O-])sc2c1. The second kappa shape index (κ2) is 9.61. The van der Waals surface area contributed by atoms with E-state index in [0.29, 0.717) is 16.5 Å². The molecule has 0 fully saturated rings. The van der Waals surface area contributed by atoms with Crippen molar-refractivity contribution in [1.82, 2.24) is 15.0 Å². The standard InChI is InChI=1S/C24H18N8O2S/c1-15-7-12-19-20(13-15)35-24(28-19)29-23-21(32(33)34)22(25-14-26-23)27-16-8-10-18(11-9-16)31-30-17-5-3-2-4-6-17/h2-14H,1H3,(H2,25,26,27,28,29). The average Bonchev–Trinajstić information content (AvgIpc) is 3.25. The van der Waals surface area contributed by atoms with Gasteiger partial charge in [0.25, 0.3) is 0 Å². The van der Waals surface area contributed by atoms with Gasteiger partial charge in [-0.2, -0.15) is 10.2 Å². The van der Waals surface area contributed by atoms with Crippen LogP contribution in [0.4, 0.5) is 39.5 Å². The number of thiazole rings is 1. The Morgan fingerprint density at radius 1 is 0.886 bits per heavy atom. The summed E-state index contributed by atoms with van der Waals surface area (Å²) in [4.78, 5) is 24.1. The van der Waals surface area contributed by atoms with Gasteiger partial charge in [-0.25, -0.2) is 15.0 Å². The molecule has 0 aliphatic rings. The molecule has 5 aromatic rings. The van der Waals surface area contributed by atoms with Gasteiger partial charge in [0, 0.05) is 5.69 Å². The Bertz CT molecular complexity index is 1540. The quantitative estimate of drug-likeness (QED) is 0.142. The number of fused-ring (bicyclic) bond motifs is 1. The maximum Gasteiger partial charge on any atom is 0.353 e. The molecule has 2 aromatic heterocycles. The van der Waals surface area contributed by atoms with Gasteiger partial charge in [-0.05, 0) is 61.0 Å². The summed E-state index contributed by atoms with van der Waals surface area (Å²) in [6, 6.07) is 22.3. The number of benzene rings is 3. The Kier molecular flexibility index (Phi) is 6.05. The highest BCUT2D eigenvalue weighted by molar-refractivity contribution is 7.22. The maximum absolute atomic E-state index is 11.9. The van der Waals surface area contributed by atoms with E-state index in [1.54, 1.807) is 24.3 Å². The molecule has 2 heterocycles. The molecule has 0 unspecified atom stereocenters. The van der Waals surface area contributed by atoms with E-state index >= 15 is 0 Å². The fourth-order valence-corrected chi connectivity index (χ4v) is 4.24. The molecule has 10 nitrogen and oxygen atoms in total. The number of nitrogens with zero attached hydrogens (tertiary/aromatic N) is 6. The summed E-state index contributed by atoms with van der Waals surface area (Å²) in [6.45, 7) is 2.00. The fraction of sp³-hybridized carbons (Fsp3) is 0.0417. The minimum Gasteiger partial charge on any atom is -0.334 e. The van der Waals surface area contributed by atoms with Gasteiger partial charge < -0.3 is 10.6 Å². The minimum absolute atomic E-state index is 0.0524. The molecule has 0 aliphatic heterocycles. The normalized spacial score (nSPS) is 11.1. The first-order valence-corrected chi connectivity index (χ1v) is 11.3. The molecule has 3 aromatic carbocycles. The zero-order chi connectivity index (χ0) is 24.2. The van der Waals surface area contributed by atoms with E-state index in [1.165, 1.54) is 17.7 Å². The molecule has 0 saturated heterocycles. The summed E-state index contributed by atoms with van der Waals surface area (Å²) < 4.78 is 0.979. The van der Waals surface area contributed by atoms with E-state index in [9.17, 15) is 10.1 Å². The van der Waals surface area contributed by atoms with Crippen LogP contribution in [-0.2, 0) is 0 Å². The van der Waals surface area contributed by atoms with Crippen LogP contribution in [0.3, 0.4) is 0 Å². The van der Waals surface area contributed by atoms with Crippen LogP contribution in [-0.4, -0.2) is 19.9 Å². The van der Waals surface area contributed by atoms with Crippen molar-refractivity contribution in [1.29, 1.82) is 0 Å². The average molecular weight is 483 g/mol. The number of nitrogens with one attached hydrogen (secondary N) is 2. The van der Waals surface area contributed by atoms with E-state index in [0.717, 1.165) is 21.5 Å². The van der Waals surface area contributed by atoms with Crippen molar-refractivity contribution < 1.29 is 4.92 Å². The highest BCUT2D eigenvalue weighted by Crippen LogP contribution is 2.35. The molecule has 5 rings (SSSR count). The molecule has 11 heteroatoms. The van der Waals surface area contributed by atoms with Crippen molar-refractivity contribution in [3.05, 3.63) is 94.8 Å². The molecule has 0 atom stereocenters. The highest BCUT2D eigenvalue weighted by atomic mass is 32.1. The summed E-state index contributed by atoms with van der Waals surface area (Å²) in [5, 5.41) is 26.8. The minimum atomic E-state index is -0.523. The van der Waals surface area contributed by atoms with Crippen LogP contribution in [0.15, 0.2) is 89.4 Å². The van der Waals surface area contributed by atoms with Crippen LogP contribution < -0.4 is 10.6 Å². The van der Waals surface area contributed by atoms with E-state index < -0.39 is 4.92 Å². The molecule has 35 heavy (non-hydrogen) atoms. The predicted molar refractivity (Wildman–Crippen MR) is 137 cm³/mol. The third-order valence-corrected chi connectivity index (χ3v) is 5.87. The summed E-state index contributed by atoms with van der Waals surface area (Å²) in [7, 11) is 0. The van der Waals surface area contributed by atoms with Crippen LogP contribution in [0, 0.1) is 17.0 Å². The van der Waals surface area contributed by atoms with Crippen LogP contribution in [0.1, 0.15) is 5.56 Å². The lowest BCUT2D eigenvalue weighted by Crippen LogP contribution is -2.05. The number of aromatic nitrogens is 3. The van der Waals surface area contributed by atoms with Crippen molar-refractivity contribution in [2.75, 3.05) is 10.6 Å². The monoisotopic (exact) mass is 482 g/mol. The summed E-state index contributed by atoms with van der Waals surface area (Å²) in [5.74, 6) is 0.111. The zero-order valence-electron chi connectivity index (χ0n) is 18.4. The lowest BCUT2D eigenvalue weighted by molar-refractivity contribution is -0.383. The number of azo groups is 1. The third kappa shape index (κ3) is 5.09. The van der Waals surface area contributed by atoms with Crippen molar-refractivity contribution in [3.8, 4) is 0 Å². The number of aryl methyl sites for hydroxylation is 1. The molecule has 0 amide bonds. The molecule has 0 saturated carbocycles. The van der Waals surface area contributed by atoms with Gasteiger partial charge >= 0.3 is 5.69 Å². The smallest absolute Gasteiger partial charge is 0.334 e. The maximum atomic E-state index is 11.9. The van der Waals surface area contributed by atoms with Crippen molar-refractivity contribution >= 4 is 61.1 Å². The van der Waals surface area contributed by atoms with Crippen LogP contribution in [0.25, 0.3) is 10.2 Å². The van der Waals surface area contributed by atoms with Gasteiger partial charge in [-0.3, -0.25) is 10.1 Å². The van der Waals surface area contributed by atoms with Crippen molar-refractivity contribution in [2.24, 2.45) is 10.2 Å². The van der Waals surface area contributed by atoms with Crippen LogP contribution >= 0.6 is 11.3 Å². The lowest BCUT2D eigenvalue weighted by Gasteiger charge is -2.09. The van der Waals surface area contributed by atoms with Gasteiger partial charge in [-0.1, -0.05) is 35.6 Å². The number of hydrogen-bond acceptors (Lipinski definition) is 10. The molecule has 0 spiro atoms. The number of rotatable bonds is 7. The number of nitro groups is 1. The Balaban J connectivity index is 1.37. The first-order valence-electron chi connectivity index (χ1n) is 10.5. The van der Waals surface area contributed by atoms with Crippen molar-refractivity contribution in [2.45, 2.75) is 6.92 Å². The summed E-state index contributed by atoms with van der Waals surface area (Å²) >= 11 is 1.40. The van der Waals surface area contributed by atoms with Gasteiger partial charge in [0.1, 0.15) is 6.33 Å². The molecule has 172 valence electrons. The number of hydrogen-bond donors (Lipinski definition) is 2. The largest absolute Gasteiger partial charge is 0.353 e. The first-order chi connectivity index (χ1) is 17.0. The first kappa shape index (κ1) is 22.0. The molecular weight excluding hydrogens is 464 g/mol. The lowest BCUT2D eigenvalue weighted by atomic mass is 10.2. The highest BCUT2D eigenvalue weighted by Gasteiger charge is 2.24. The third-order valence-electron chi connectivity index (χ3n) is 4.94. The van der Waals surface area contributed by atoms with Gasteiger partial charge in [0.2, 0.25) is 11.6 Å².